The highest BCUT2D eigenvalue weighted by Crippen LogP contribution is 2.32. The number of aromatic hydroxyl groups is 1. The number of aromatic nitrogens is 4. The second-order valence-corrected chi connectivity index (χ2v) is 5.71. The van der Waals surface area contributed by atoms with Crippen LogP contribution in [0, 0.1) is 0 Å². The average Bonchev–Trinajstić information content (AvgIpc) is 3.12. The van der Waals surface area contributed by atoms with Crippen LogP contribution >= 0.6 is 0 Å². The van der Waals surface area contributed by atoms with Crippen LogP contribution in [0.15, 0.2) is 61.3 Å². The standard InChI is InChI=1S/C19H17N5O2/c1-26-17-5-4-14(9-16(17)25)15-12-23-19-18(21-7-8-24(15)19)22-11-13-3-2-6-20-10-13/h2-10,12,25H,11H2,1H3,(H,21,22). The summed E-state index contributed by atoms with van der Waals surface area (Å²) in [5, 5.41) is 13.3. The number of fused-ring (bicyclic) bond motifs is 1. The summed E-state index contributed by atoms with van der Waals surface area (Å²) in [7, 11) is 1.52. The molecule has 0 amide bonds. The average molecular weight is 347 g/mol. The van der Waals surface area contributed by atoms with Gasteiger partial charge in [-0.2, -0.15) is 0 Å². The fraction of sp³-hybridized carbons (Fsp3) is 0.105. The fourth-order valence-electron chi connectivity index (χ4n) is 2.80. The maximum atomic E-state index is 10.0. The molecule has 130 valence electrons. The van der Waals surface area contributed by atoms with Crippen LogP contribution in [0.2, 0.25) is 0 Å². The van der Waals surface area contributed by atoms with E-state index < -0.39 is 0 Å². The normalized spacial score (nSPS) is 10.8. The minimum absolute atomic E-state index is 0.0870. The lowest BCUT2D eigenvalue weighted by Crippen LogP contribution is -2.04. The second-order valence-electron chi connectivity index (χ2n) is 5.71. The fourth-order valence-corrected chi connectivity index (χ4v) is 2.80. The minimum atomic E-state index is 0.0870. The van der Waals surface area contributed by atoms with E-state index in [1.807, 2.05) is 35.0 Å². The molecule has 0 aliphatic carbocycles. The van der Waals surface area contributed by atoms with Crippen LogP contribution in [-0.2, 0) is 6.54 Å². The molecule has 7 nitrogen and oxygen atoms in total. The topological polar surface area (TPSA) is 84.6 Å². The molecule has 0 saturated heterocycles. The van der Waals surface area contributed by atoms with Crippen molar-refractivity contribution in [3.8, 4) is 22.8 Å². The number of pyridine rings is 1. The van der Waals surface area contributed by atoms with Crippen LogP contribution in [-0.4, -0.2) is 31.6 Å². The number of nitrogens with zero attached hydrogens (tertiary/aromatic N) is 4. The first-order valence-electron chi connectivity index (χ1n) is 8.08. The van der Waals surface area contributed by atoms with Crippen molar-refractivity contribution in [1.82, 2.24) is 19.4 Å². The molecule has 0 radical (unpaired) electrons. The van der Waals surface area contributed by atoms with E-state index in [0.717, 1.165) is 16.8 Å². The Morgan fingerprint density at radius 3 is 2.85 bits per heavy atom. The molecule has 0 atom stereocenters. The summed E-state index contributed by atoms with van der Waals surface area (Å²) in [6.07, 6.45) is 8.87. The number of anilines is 1. The van der Waals surface area contributed by atoms with Crippen molar-refractivity contribution in [2.24, 2.45) is 0 Å². The summed E-state index contributed by atoms with van der Waals surface area (Å²) in [5.41, 5.74) is 3.45. The number of ether oxygens (including phenoxy) is 1. The first kappa shape index (κ1) is 15.9. The van der Waals surface area contributed by atoms with Crippen molar-refractivity contribution in [1.29, 1.82) is 0 Å². The van der Waals surface area contributed by atoms with Crippen molar-refractivity contribution < 1.29 is 9.84 Å². The van der Waals surface area contributed by atoms with Crippen LogP contribution in [0.1, 0.15) is 5.56 Å². The molecule has 0 unspecified atom stereocenters. The quantitative estimate of drug-likeness (QED) is 0.577. The SMILES string of the molecule is COc1ccc(-c2cnc3c(NCc4cccnc4)nccn23)cc1O. The van der Waals surface area contributed by atoms with Gasteiger partial charge in [0.2, 0.25) is 0 Å². The molecule has 0 spiro atoms. The van der Waals surface area contributed by atoms with Gasteiger partial charge in [-0.1, -0.05) is 6.07 Å². The number of benzene rings is 1. The highest BCUT2D eigenvalue weighted by Gasteiger charge is 2.12. The molecule has 0 saturated carbocycles. The number of imidazole rings is 1. The van der Waals surface area contributed by atoms with Gasteiger partial charge in [-0.15, -0.1) is 0 Å². The molecule has 4 rings (SSSR count). The van der Waals surface area contributed by atoms with Gasteiger partial charge in [-0.05, 0) is 29.8 Å². The number of methoxy groups -OCH3 is 1. The molecule has 0 fully saturated rings. The summed E-state index contributed by atoms with van der Waals surface area (Å²) in [6.45, 7) is 0.603. The summed E-state index contributed by atoms with van der Waals surface area (Å²) in [5.74, 6) is 1.20. The van der Waals surface area contributed by atoms with Gasteiger partial charge in [0, 0.05) is 36.9 Å². The van der Waals surface area contributed by atoms with E-state index in [4.69, 9.17) is 4.74 Å². The zero-order chi connectivity index (χ0) is 17.9. The van der Waals surface area contributed by atoms with E-state index in [1.54, 1.807) is 30.7 Å². The Kier molecular flexibility index (Phi) is 4.10. The summed E-state index contributed by atoms with van der Waals surface area (Å²) in [4.78, 5) is 13.0. The van der Waals surface area contributed by atoms with Crippen molar-refractivity contribution in [2.45, 2.75) is 6.54 Å². The minimum Gasteiger partial charge on any atom is -0.504 e. The van der Waals surface area contributed by atoms with Crippen LogP contribution < -0.4 is 10.1 Å². The highest BCUT2D eigenvalue weighted by molar-refractivity contribution is 5.72. The molecule has 1 aromatic carbocycles. The van der Waals surface area contributed by atoms with Gasteiger partial charge < -0.3 is 15.2 Å². The predicted molar refractivity (Wildman–Crippen MR) is 98.2 cm³/mol. The number of hydrogen-bond donors (Lipinski definition) is 2. The van der Waals surface area contributed by atoms with E-state index >= 15 is 0 Å². The maximum absolute atomic E-state index is 10.0. The van der Waals surface area contributed by atoms with E-state index in [2.05, 4.69) is 20.3 Å². The molecule has 0 aliphatic rings. The first-order valence-corrected chi connectivity index (χ1v) is 8.08. The van der Waals surface area contributed by atoms with Gasteiger partial charge in [0.1, 0.15) is 0 Å². The third-order valence-electron chi connectivity index (χ3n) is 4.09. The van der Waals surface area contributed by atoms with Crippen molar-refractivity contribution in [3.63, 3.8) is 0 Å². The number of phenolic OH excluding ortho intramolecular Hbond substituents is 1. The zero-order valence-electron chi connectivity index (χ0n) is 14.1. The van der Waals surface area contributed by atoms with Gasteiger partial charge in [0.25, 0.3) is 0 Å². The molecule has 7 heteroatoms. The third kappa shape index (κ3) is 2.90. The lowest BCUT2D eigenvalue weighted by Gasteiger charge is -2.08. The van der Waals surface area contributed by atoms with Gasteiger partial charge in [0.05, 0.1) is 19.0 Å². The Bertz CT molecular complexity index is 1050. The summed E-state index contributed by atoms with van der Waals surface area (Å²) < 4.78 is 7.03. The van der Waals surface area contributed by atoms with Crippen molar-refractivity contribution >= 4 is 11.5 Å². The molecule has 26 heavy (non-hydrogen) atoms. The Balaban J connectivity index is 1.68. The Morgan fingerprint density at radius 1 is 1.15 bits per heavy atom. The molecule has 2 N–H and O–H groups in total. The lowest BCUT2D eigenvalue weighted by molar-refractivity contribution is 0.373. The molecule has 3 heterocycles. The van der Waals surface area contributed by atoms with Crippen LogP contribution in [0.3, 0.4) is 0 Å². The highest BCUT2D eigenvalue weighted by atomic mass is 16.5. The van der Waals surface area contributed by atoms with E-state index in [-0.39, 0.29) is 5.75 Å². The van der Waals surface area contributed by atoms with E-state index in [0.29, 0.717) is 23.8 Å². The summed E-state index contributed by atoms with van der Waals surface area (Å²) >= 11 is 0. The van der Waals surface area contributed by atoms with Gasteiger partial charge >= 0.3 is 0 Å². The summed E-state index contributed by atoms with van der Waals surface area (Å²) in [6, 6.07) is 9.16. The van der Waals surface area contributed by atoms with Crippen LogP contribution in [0.25, 0.3) is 16.9 Å². The molecular formula is C19H17N5O2. The Hall–Kier alpha value is -3.61. The first-order chi connectivity index (χ1) is 12.8. The Labute approximate surface area is 150 Å². The third-order valence-corrected chi connectivity index (χ3v) is 4.09. The van der Waals surface area contributed by atoms with Crippen LogP contribution in [0.5, 0.6) is 11.5 Å². The van der Waals surface area contributed by atoms with Gasteiger partial charge in [0.15, 0.2) is 23.0 Å². The smallest absolute Gasteiger partial charge is 0.180 e. The molecule has 0 bridgehead atoms. The molecule has 4 aromatic rings. The van der Waals surface area contributed by atoms with E-state index in [1.165, 1.54) is 7.11 Å². The van der Waals surface area contributed by atoms with E-state index in [9.17, 15) is 5.11 Å². The maximum Gasteiger partial charge on any atom is 0.180 e. The van der Waals surface area contributed by atoms with Crippen molar-refractivity contribution in [2.75, 3.05) is 12.4 Å². The van der Waals surface area contributed by atoms with Gasteiger partial charge in [-0.3, -0.25) is 9.38 Å². The predicted octanol–water partition coefficient (Wildman–Crippen LogP) is 3.12. The Morgan fingerprint density at radius 2 is 2.08 bits per heavy atom. The van der Waals surface area contributed by atoms with Crippen molar-refractivity contribution in [3.05, 3.63) is 66.9 Å². The number of hydrogen-bond acceptors (Lipinski definition) is 6. The number of nitrogens with one attached hydrogen (secondary N) is 1. The molecule has 3 aromatic heterocycles. The van der Waals surface area contributed by atoms with Gasteiger partial charge in [-0.25, -0.2) is 9.97 Å². The molecule has 0 aliphatic heterocycles. The largest absolute Gasteiger partial charge is 0.504 e. The second kappa shape index (κ2) is 6.72. The van der Waals surface area contributed by atoms with Crippen LogP contribution in [0.4, 0.5) is 5.82 Å². The number of rotatable bonds is 5. The lowest BCUT2D eigenvalue weighted by atomic mass is 10.1. The molecular weight excluding hydrogens is 330 g/mol. The number of phenols is 1. The monoisotopic (exact) mass is 347 g/mol. The zero-order valence-corrected chi connectivity index (χ0v) is 14.1.